The second-order valence-electron chi connectivity index (χ2n) is 0.931. The van der Waals surface area contributed by atoms with Gasteiger partial charge in [0.2, 0.25) is 0 Å². The van der Waals surface area contributed by atoms with Crippen LogP contribution in [0, 0.1) is 0 Å². The topological polar surface area (TPSA) is 43.4 Å². The Hall–Kier alpha value is -0.860. The van der Waals surface area contributed by atoms with E-state index in [4.69, 9.17) is 4.79 Å². The van der Waals surface area contributed by atoms with Crippen molar-refractivity contribution in [2.75, 3.05) is 7.11 Å². The molecule has 0 rings (SSSR count). The van der Waals surface area contributed by atoms with Crippen LogP contribution < -0.4 is 0 Å². The summed E-state index contributed by atoms with van der Waals surface area (Å²) >= 11 is 0. The van der Waals surface area contributed by atoms with Crippen molar-refractivity contribution >= 4 is 12.3 Å². The predicted octanol–water partition coefficient (Wildman–Crippen LogP) is 1.66. The van der Waals surface area contributed by atoms with Crippen molar-refractivity contribution in [3.63, 3.8) is 0 Å². The zero-order valence-electron chi connectivity index (χ0n) is 5.30. The Labute approximate surface area is 63.4 Å². The maximum atomic E-state index is 9.59. The Kier molecular flexibility index (Phi) is 55.5. The summed E-state index contributed by atoms with van der Waals surface area (Å²) in [7, 11) is 1.35. The van der Waals surface area contributed by atoms with Crippen molar-refractivity contribution < 1.29 is 14.3 Å². The maximum Gasteiger partial charge on any atom is 0.302 e. The van der Waals surface area contributed by atoms with E-state index in [1.54, 1.807) is 0 Å². The summed E-state index contributed by atoms with van der Waals surface area (Å²) in [5, 5.41) is 0. The molecule has 0 saturated carbocycles. The SMILES string of the molecule is C.C.CC=O.COC(C)=O. The molecule has 0 bridgehead atoms. The summed E-state index contributed by atoms with van der Waals surface area (Å²) < 4.78 is 4.11. The van der Waals surface area contributed by atoms with Crippen molar-refractivity contribution in [3.8, 4) is 0 Å². The normalized spacial score (nSPS) is 4.70. The molecule has 0 aliphatic carbocycles. The number of aldehydes is 1. The lowest BCUT2D eigenvalue weighted by atomic mass is 10.8. The Morgan fingerprint density at radius 2 is 1.50 bits per heavy atom. The van der Waals surface area contributed by atoms with Crippen LogP contribution in [0.4, 0.5) is 0 Å². The van der Waals surface area contributed by atoms with Crippen LogP contribution in [0.3, 0.4) is 0 Å². The van der Waals surface area contributed by atoms with Crippen LogP contribution in [0.5, 0.6) is 0 Å². The van der Waals surface area contributed by atoms with Gasteiger partial charge in [-0.25, -0.2) is 0 Å². The first-order chi connectivity index (χ1) is 3.68. The van der Waals surface area contributed by atoms with Crippen LogP contribution >= 0.6 is 0 Å². The molecule has 0 heterocycles. The van der Waals surface area contributed by atoms with Crippen LogP contribution in [0.2, 0.25) is 0 Å². The molecule has 0 spiro atoms. The zero-order valence-corrected chi connectivity index (χ0v) is 5.30. The van der Waals surface area contributed by atoms with Gasteiger partial charge in [0.15, 0.2) is 0 Å². The molecule has 0 aromatic carbocycles. The minimum absolute atomic E-state index is 0. The highest BCUT2D eigenvalue weighted by atomic mass is 16.5. The molecule has 0 aromatic rings. The number of ether oxygens (including phenoxy) is 1. The quantitative estimate of drug-likeness (QED) is 0.389. The molecular formula is C7H18O3. The Morgan fingerprint density at radius 1 is 1.40 bits per heavy atom. The van der Waals surface area contributed by atoms with Crippen molar-refractivity contribution in [2.45, 2.75) is 28.7 Å². The number of methoxy groups -OCH3 is 1. The van der Waals surface area contributed by atoms with E-state index in [-0.39, 0.29) is 20.8 Å². The summed E-state index contributed by atoms with van der Waals surface area (Å²) in [5.74, 6) is -0.245. The van der Waals surface area contributed by atoms with Crippen LogP contribution in [-0.4, -0.2) is 19.4 Å². The average Bonchev–Trinajstić information content (AvgIpc) is 1.69. The van der Waals surface area contributed by atoms with Gasteiger partial charge in [-0.15, -0.1) is 0 Å². The van der Waals surface area contributed by atoms with Gasteiger partial charge in [0.1, 0.15) is 6.29 Å². The molecule has 64 valence electrons. The minimum Gasteiger partial charge on any atom is -0.469 e. The van der Waals surface area contributed by atoms with Crippen molar-refractivity contribution in [3.05, 3.63) is 0 Å². The lowest BCUT2D eigenvalue weighted by molar-refractivity contribution is -0.137. The summed E-state index contributed by atoms with van der Waals surface area (Å²) in [6, 6.07) is 0. The number of esters is 1. The van der Waals surface area contributed by atoms with E-state index >= 15 is 0 Å². The molecule has 0 fully saturated rings. The number of rotatable bonds is 0. The first-order valence-electron chi connectivity index (χ1n) is 2.13. The van der Waals surface area contributed by atoms with Gasteiger partial charge >= 0.3 is 5.97 Å². The van der Waals surface area contributed by atoms with Gasteiger partial charge in [0.25, 0.3) is 0 Å². The van der Waals surface area contributed by atoms with Gasteiger partial charge in [0.05, 0.1) is 7.11 Å². The van der Waals surface area contributed by atoms with E-state index < -0.39 is 0 Å². The molecule has 0 aliphatic heterocycles. The zero-order chi connectivity index (χ0) is 6.99. The fourth-order valence-corrected chi connectivity index (χ4v) is 0. The van der Waals surface area contributed by atoms with E-state index in [1.807, 2.05) is 0 Å². The van der Waals surface area contributed by atoms with Crippen LogP contribution in [0.1, 0.15) is 28.7 Å². The Balaban J connectivity index is -0.0000000326. The smallest absolute Gasteiger partial charge is 0.302 e. The van der Waals surface area contributed by atoms with Crippen LogP contribution in [0.25, 0.3) is 0 Å². The fraction of sp³-hybridized carbons (Fsp3) is 0.714. The molecule has 3 heteroatoms. The lowest BCUT2D eigenvalue weighted by Gasteiger charge is -1.80. The van der Waals surface area contributed by atoms with Gasteiger partial charge in [-0.2, -0.15) is 0 Å². The molecule has 0 N–H and O–H groups in total. The van der Waals surface area contributed by atoms with E-state index in [0.717, 1.165) is 6.29 Å². The van der Waals surface area contributed by atoms with Crippen LogP contribution in [0.15, 0.2) is 0 Å². The van der Waals surface area contributed by atoms with E-state index in [1.165, 1.54) is 21.0 Å². The van der Waals surface area contributed by atoms with Gasteiger partial charge in [0, 0.05) is 6.92 Å². The molecule has 0 saturated heterocycles. The highest BCUT2D eigenvalue weighted by Crippen LogP contribution is 1.60. The predicted molar refractivity (Wildman–Crippen MR) is 42.9 cm³/mol. The van der Waals surface area contributed by atoms with Crippen LogP contribution in [-0.2, 0) is 14.3 Å². The van der Waals surface area contributed by atoms with Crippen molar-refractivity contribution in [1.82, 2.24) is 0 Å². The van der Waals surface area contributed by atoms with Gasteiger partial charge in [-0.05, 0) is 6.92 Å². The molecule has 0 unspecified atom stereocenters. The molecule has 0 aliphatic rings. The Bertz CT molecular complexity index is 69.3. The summed E-state index contributed by atoms with van der Waals surface area (Å²) in [5.41, 5.74) is 0. The average molecular weight is 150 g/mol. The second-order valence-corrected chi connectivity index (χ2v) is 0.931. The maximum absolute atomic E-state index is 9.59. The summed E-state index contributed by atoms with van der Waals surface area (Å²) in [6.45, 7) is 2.81. The first kappa shape index (κ1) is 22.9. The fourth-order valence-electron chi connectivity index (χ4n) is 0. The monoisotopic (exact) mass is 150 g/mol. The standard InChI is InChI=1S/C3H6O2.C2H4O.2CH4/c1-3(4)5-2;1-2-3;;/h1-2H3;2H,1H3;2*1H4. The largest absolute Gasteiger partial charge is 0.469 e. The third kappa shape index (κ3) is 207. The van der Waals surface area contributed by atoms with Gasteiger partial charge < -0.3 is 9.53 Å². The molecule has 3 nitrogen and oxygen atoms in total. The van der Waals surface area contributed by atoms with E-state index in [9.17, 15) is 4.79 Å². The Morgan fingerprint density at radius 3 is 1.50 bits per heavy atom. The molecule has 0 atom stereocenters. The molecule has 10 heavy (non-hydrogen) atoms. The van der Waals surface area contributed by atoms with E-state index in [2.05, 4.69) is 4.74 Å². The third-order valence-electron chi connectivity index (χ3n) is 0.287. The minimum atomic E-state index is -0.245. The highest BCUT2D eigenvalue weighted by Gasteiger charge is 1.75. The highest BCUT2D eigenvalue weighted by molar-refractivity contribution is 5.65. The first-order valence-corrected chi connectivity index (χ1v) is 2.13. The number of carbonyl (C=O) groups excluding carboxylic acids is 2. The van der Waals surface area contributed by atoms with Crippen molar-refractivity contribution in [2.24, 2.45) is 0 Å². The molecular weight excluding hydrogens is 132 g/mol. The molecule has 0 aromatic heterocycles. The number of hydrogen-bond acceptors (Lipinski definition) is 3. The molecule has 0 amide bonds. The number of carbonyl (C=O) groups is 2. The van der Waals surface area contributed by atoms with Crippen molar-refractivity contribution in [1.29, 1.82) is 0 Å². The summed E-state index contributed by atoms with van der Waals surface area (Å²) in [4.78, 5) is 18.4. The second kappa shape index (κ2) is 24.2. The lowest BCUT2D eigenvalue weighted by Crippen LogP contribution is -1.88. The third-order valence-corrected chi connectivity index (χ3v) is 0.287. The number of hydrogen-bond donors (Lipinski definition) is 0. The summed E-state index contributed by atoms with van der Waals surface area (Å²) in [6.07, 6.45) is 0.750. The van der Waals surface area contributed by atoms with E-state index in [0.29, 0.717) is 0 Å². The van der Waals surface area contributed by atoms with Gasteiger partial charge in [-0.1, -0.05) is 14.9 Å². The van der Waals surface area contributed by atoms with Gasteiger partial charge in [-0.3, -0.25) is 4.79 Å². The molecule has 0 radical (unpaired) electrons.